The van der Waals surface area contributed by atoms with E-state index in [-0.39, 0.29) is 0 Å². The Bertz CT molecular complexity index is 265. The van der Waals surface area contributed by atoms with E-state index in [0.717, 1.165) is 39.1 Å². The zero-order chi connectivity index (χ0) is 13.6. The largest absolute Gasteiger partial charge is 0.480 e. The van der Waals surface area contributed by atoms with Gasteiger partial charge < -0.3 is 20.1 Å². The number of aliphatic carboxylic acids is 1. The smallest absolute Gasteiger partial charge is 0.323 e. The molecule has 1 atom stereocenters. The van der Waals surface area contributed by atoms with Gasteiger partial charge in [-0.1, -0.05) is 0 Å². The SMILES string of the molecule is CNC(C)(CCN1CCC(COC)CC1)C(=O)O. The molecule has 0 aliphatic carbocycles. The minimum Gasteiger partial charge on any atom is -0.480 e. The second-order valence-electron chi connectivity index (χ2n) is 5.38. The third kappa shape index (κ3) is 4.23. The molecular weight excluding hydrogens is 232 g/mol. The lowest BCUT2D eigenvalue weighted by atomic mass is 9.95. The van der Waals surface area contributed by atoms with E-state index in [4.69, 9.17) is 4.74 Å². The Morgan fingerprint density at radius 2 is 2.11 bits per heavy atom. The maximum absolute atomic E-state index is 11.2. The fraction of sp³-hybridized carbons (Fsp3) is 0.923. The third-order valence-corrected chi connectivity index (χ3v) is 4.06. The van der Waals surface area contributed by atoms with E-state index >= 15 is 0 Å². The van der Waals surface area contributed by atoms with Crippen LogP contribution >= 0.6 is 0 Å². The van der Waals surface area contributed by atoms with E-state index in [2.05, 4.69) is 10.2 Å². The maximum atomic E-state index is 11.2. The lowest BCUT2D eigenvalue weighted by molar-refractivity contribution is -0.144. The second-order valence-corrected chi connectivity index (χ2v) is 5.38. The van der Waals surface area contributed by atoms with E-state index in [1.54, 1.807) is 21.1 Å². The fourth-order valence-electron chi connectivity index (χ4n) is 2.33. The van der Waals surface area contributed by atoms with Gasteiger partial charge in [-0.25, -0.2) is 0 Å². The van der Waals surface area contributed by atoms with Crippen molar-refractivity contribution in [2.45, 2.75) is 31.7 Å². The van der Waals surface area contributed by atoms with Gasteiger partial charge in [0.05, 0.1) is 0 Å². The van der Waals surface area contributed by atoms with Crippen molar-refractivity contribution in [3.63, 3.8) is 0 Å². The van der Waals surface area contributed by atoms with Crippen molar-refractivity contribution in [3.05, 3.63) is 0 Å². The van der Waals surface area contributed by atoms with Crippen molar-refractivity contribution in [1.82, 2.24) is 10.2 Å². The molecule has 0 bridgehead atoms. The summed E-state index contributed by atoms with van der Waals surface area (Å²) in [6.45, 7) is 5.52. The summed E-state index contributed by atoms with van der Waals surface area (Å²) >= 11 is 0. The number of nitrogens with zero attached hydrogens (tertiary/aromatic N) is 1. The van der Waals surface area contributed by atoms with Crippen LogP contribution in [0.4, 0.5) is 0 Å². The molecule has 0 aromatic rings. The molecule has 106 valence electrons. The molecule has 1 saturated heterocycles. The van der Waals surface area contributed by atoms with E-state index in [0.29, 0.717) is 12.3 Å². The molecular formula is C13H26N2O3. The number of carbonyl (C=O) groups is 1. The molecule has 5 nitrogen and oxygen atoms in total. The van der Waals surface area contributed by atoms with Crippen LogP contribution in [0.1, 0.15) is 26.2 Å². The monoisotopic (exact) mass is 258 g/mol. The highest BCUT2D eigenvalue weighted by atomic mass is 16.5. The lowest BCUT2D eigenvalue weighted by Crippen LogP contribution is -2.50. The van der Waals surface area contributed by atoms with E-state index in [1.165, 1.54) is 0 Å². The van der Waals surface area contributed by atoms with Crippen LogP contribution in [0.3, 0.4) is 0 Å². The number of carboxylic acid groups (broad SMARTS) is 1. The molecule has 0 aromatic heterocycles. The Morgan fingerprint density at radius 1 is 1.50 bits per heavy atom. The van der Waals surface area contributed by atoms with Crippen LogP contribution in [0.2, 0.25) is 0 Å². The molecule has 1 unspecified atom stereocenters. The van der Waals surface area contributed by atoms with Gasteiger partial charge in [-0.3, -0.25) is 4.79 Å². The topological polar surface area (TPSA) is 61.8 Å². The highest BCUT2D eigenvalue weighted by Crippen LogP contribution is 2.19. The molecule has 1 heterocycles. The predicted molar refractivity (Wildman–Crippen MR) is 70.8 cm³/mol. The summed E-state index contributed by atoms with van der Waals surface area (Å²) < 4.78 is 5.17. The van der Waals surface area contributed by atoms with Gasteiger partial charge in [-0.15, -0.1) is 0 Å². The second kappa shape index (κ2) is 7.07. The molecule has 0 radical (unpaired) electrons. The Balaban J connectivity index is 2.31. The van der Waals surface area contributed by atoms with E-state index in [1.807, 2.05) is 0 Å². The molecule has 2 N–H and O–H groups in total. The number of nitrogens with one attached hydrogen (secondary N) is 1. The molecule has 1 rings (SSSR count). The first-order valence-corrected chi connectivity index (χ1v) is 6.65. The van der Waals surface area contributed by atoms with Crippen molar-refractivity contribution in [2.75, 3.05) is 40.4 Å². The van der Waals surface area contributed by atoms with Crippen LogP contribution in [0, 0.1) is 5.92 Å². The molecule has 18 heavy (non-hydrogen) atoms. The number of piperidine rings is 1. The van der Waals surface area contributed by atoms with Crippen molar-refractivity contribution in [3.8, 4) is 0 Å². The highest BCUT2D eigenvalue weighted by Gasteiger charge is 2.31. The molecule has 0 saturated carbocycles. The lowest BCUT2D eigenvalue weighted by Gasteiger charge is -2.34. The molecule has 1 fully saturated rings. The predicted octanol–water partition coefficient (Wildman–Crippen LogP) is 0.798. The summed E-state index contributed by atoms with van der Waals surface area (Å²) in [5, 5.41) is 12.1. The summed E-state index contributed by atoms with van der Waals surface area (Å²) in [5.41, 5.74) is -0.816. The van der Waals surface area contributed by atoms with E-state index in [9.17, 15) is 9.90 Å². The van der Waals surface area contributed by atoms with Gasteiger partial charge in [-0.05, 0) is 52.2 Å². The first kappa shape index (κ1) is 15.4. The molecule has 0 spiro atoms. The van der Waals surface area contributed by atoms with Gasteiger partial charge in [0.2, 0.25) is 0 Å². The van der Waals surface area contributed by atoms with Crippen LogP contribution in [0.25, 0.3) is 0 Å². The van der Waals surface area contributed by atoms with Gasteiger partial charge in [-0.2, -0.15) is 0 Å². The number of rotatable bonds is 7. The Hall–Kier alpha value is -0.650. The summed E-state index contributed by atoms with van der Waals surface area (Å²) in [4.78, 5) is 13.5. The molecule has 5 heteroatoms. The number of likely N-dealkylation sites (tertiary alicyclic amines) is 1. The van der Waals surface area contributed by atoms with Crippen molar-refractivity contribution >= 4 is 5.97 Å². The number of methoxy groups -OCH3 is 1. The number of carboxylic acids is 1. The summed E-state index contributed by atoms with van der Waals surface area (Å²) in [6.07, 6.45) is 2.93. The highest BCUT2D eigenvalue weighted by molar-refractivity contribution is 5.78. The number of likely N-dealkylation sites (N-methyl/N-ethyl adjacent to an activating group) is 1. The summed E-state index contributed by atoms with van der Waals surface area (Å²) in [7, 11) is 3.45. The Morgan fingerprint density at radius 3 is 2.56 bits per heavy atom. The molecule has 0 aromatic carbocycles. The van der Waals surface area contributed by atoms with Gasteiger partial charge in [0, 0.05) is 20.3 Å². The minimum absolute atomic E-state index is 0.633. The van der Waals surface area contributed by atoms with Crippen molar-refractivity contribution in [2.24, 2.45) is 5.92 Å². The van der Waals surface area contributed by atoms with Gasteiger partial charge in [0.15, 0.2) is 0 Å². The maximum Gasteiger partial charge on any atom is 0.323 e. The molecule has 1 aliphatic rings. The Kier molecular flexibility index (Phi) is 6.05. The van der Waals surface area contributed by atoms with Gasteiger partial charge >= 0.3 is 5.97 Å². The van der Waals surface area contributed by atoms with Crippen molar-refractivity contribution < 1.29 is 14.6 Å². The number of hydrogen-bond acceptors (Lipinski definition) is 4. The molecule has 1 aliphatic heterocycles. The van der Waals surface area contributed by atoms with Gasteiger partial charge in [0.25, 0.3) is 0 Å². The number of hydrogen-bond donors (Lipinski definition) is 2. The zero-order valence-corrected chi connectivity index (χ0v) is 11.7. The van der Waals surface area contributed by atoms with Crippen LogP contribution in [0.15, 0.2) is 0 Å². The number of ether oxygens (including phenoxy) is 1. The molecule has 0 amide bonds. The van der Waals surface area contributed by atoms with Crippen LogP contribution in [-0.4, -0.2) is 61.9 Å². The van der Waals surface area contributed by atoms with Crippen LogP contribution in [-0.2, 0) is 9.53 Å². The fourth-order valence-corrected chi connectivity index (χ4v) is 2.33. The first-order chi connectivity index (χ1) is 8.51. The van der Waals surface area contributed by atoms with Crippen molar-refractivity contribution in [1.29, 1.82) is 0 Å². The van der Waals surface area contributed by atoms with Crippen LogP contribution < -0.4 is 5.32 Å². The Labute approximate surface area is 109 Å². The average Bonchev–Trinajstić information content (AvgIpc) is 2.37. The summed E-state index contributed by atoms with van der Waals surface area (Å²) in [6, 6.07) is 0. The standard InChI is InChI=1S/C13H26N2O3/c1-13(14-2,12(16)17)6-9-15-7-4-11(5-8-15)10-18-3/h11,14H,4-10H2,1-3H3,(H,16,17). The van der Waals surface area contributed by atoms with Gasteiger partial charge in [0.1, 0.15) is 5.54 Å². The van der Waals surface area contributed by atoms with Crippen LogP contribution in [0.5, 0.6) is 0 Å². The first-order valence-electron chi connectivity index (χ1n) is 6.65. The quantitative estimate of drug-likeness (QED) is 0.707. The average molecular weight is 258 g/mol. The summed E-state index contributed by atoms with van der Waals surface area (Å²) in [5.74, 6) is -0.110. The minimum atomic E-state index is -0.816. The van der Waals surface area contributed by atoms with E-state index < -0.39 is 11.5 Å². The normalized spacial score (nSPS) is 21.7. The third-order valence-electron chi connectivity index (χ3n) is 4.06. The zero-order valence-electron chi connectivity index (χ0n) is 11.7.